The summed E-state index contributed by atoms with van der Waals surface area (Å²) < 4.78 is 0. The van der Waals surface area contributed by atoms with Crippen molar-refractivity contribution in [2.24, 2.45) is 11.8 Å². The van der Waals surface area contributed by atoms with Crippen LogP contribution in [-0.4, -0.2) is 17.0 Å². The van der Waals surface area contributed by atoms with Gasteiger partial charge in [0.2, 0.25) is 5.91 Å². The molecular weight excluding hydrogens is 262 g/mol. The second kappa shape index (κ2) is 6.02. The summed E-state index contributed by atoms with van der Waals surface area (Å²) in [5.74, 6) is -2.15. The number of carbonyl (C=O) groups excluding carboxylic acids is 1. The van der Waals surface area contributed by atoms with Crippen LogP contribution < -0.4 is 5.32 Å². The van der Waals surface area contributed by atoms with E-state index in [-0.39, 0.29) is 11.9 Å². The van der Waals surface area contributed by atoms with E-state index in [1.807, 2.05) is 35.9 Å². The van der Waals surface area contributed by atoms with Crippen LogP contribution in [0.1, 0.15) is 31.4 Å². The molecule has 4 nitrogen and oxygen atoms in total. The summed E-state index contributed by atoms with van der Waals surface area (Å²) in [5.41, 5.74) is 1.05. The van der Waals surface area contributed by atoms with Crippen molar-refractivity contribution in [3.8, 4) is 0 Å². The molecule has 1 unspecified atom stereocenters. The summed E-state index contributed by atoms with van der Waals surface area (Å²) in [7, 11) is 0. The maximum Gasteiger partial charge on any atom is 0.307 e. The molecule has 2 N–H and O–H groups in total. The first-order valence-electron chi connectivity index (χ1n) is 6.30. The topological polar surface area (TPSA) is 66.4 Å². The number of nitrogens with one attached hydrogen (secondary N) is 1. The number of rotatable bonds is 4. The van der Waals surface area contributed by atoms with Crippen LogP contribution in [-0.2, 0) is 9.59 Å². The Hall–Kier alpha value is -1.62. The van der Waals surface area contributed by atoms with E-state index in [0.717, 1.165) is 5.56 Å². The number of carbonyl (C=O) groups is 2. The van der Waals surface area contributed by atoms with Gasteiger partial charge < -0.3 is 10.4 Å². The normalized spacial score (nSPS) is 23.8. The Kier molecular flexibility index (Phi) is 4.37. The minimum absolute atomic E-state index is 0.0842. The molecule has 1 heterocycles. The van der Waals surface area contributed by atoms with Crippen LogP contribution in [0.25, 0.3) is 0 Å². The Morgan fingerprint density at radius 3 is 2.63 bits per heavy atom. The molecule has 0 aromatic carbocycles. The number of hydrogen-bond donors (Lipinski definition) is 2. The largest absolute Gasteiger partial charge is 0.481 e. The van der Waals surface area contributed by atoms with Crippen LogP contribution in [0.5, 0.6) is 0 Å². The van der Waals surface area contributed by atoms with Gasteiger partial charge in [-0.25, -0.2) is 0 Å². The van der Waals surface area contributed by atoms with E-state index in [9.17, 15) is 9.59 Å². The lowest BCUT2D eigenvalue weighted by Crippen LogP contribution is -2.39. The number of aliphatic carboxylic acids is 1. The second-order valence-corrected chi connectivity index (χ2v) is 5.56. The van der Waals surface area contributed by atoms with E-state index < -0.39 is 17.8 Å². The third-order valence-corrected chi connectivity index (χ3v) is 4.19. The molecule has 1 aromatic heterocycles. The van der Waals surface area contributed by atoms with Gasteiger partial charge in [0.25, 0.3) is 0 Å². The Morgan fingerprint density at radius 1 is 1.37 bits per heavy atom. The monoisotopic (exact) mass is 279 g/mol. The van der Waals surface area contributed by atoms with Crippen LogP contribution in [0.2, 0.25) is 0 Å². The van der Waals surface area contributed by atoms with Crippen LogP contribution in [0, 0.1) is 11.8 Å². The van der Waals surface area contributed by atoms with Gasteiger partial charge in [0.15, 0.2) is 0 Å². The third kappa shape index (κ3) is 3.23. The van der Waals surface area contributed by atoms with E-state index in [1.165, 1.54) is 0 Å². The van der Waals surface area contributed by atoms with Gasteiger partial charge in [-0.05, 0) is 42.2 Å². The molecule has 19 heavy (non-hydrogen) atoms. The van der Waals surface area contributed by atoms with Crippen molar-refractivity contribution >= 4 is 23.2 Å². The Bertz CT molecular complexity index is 481. The molecule has 1 aliphatic rings. The highest BCUT2D eigenvalue weighted by Crippen LogP contribution is 2.27. The lowest BCUT2D eigenvalue weighted by Gasteiger charge is -2.25. The predicted octanol–water partition coefficient (Wildman–Crippen LogP) is 2.59. The molecule has 102 valence electrons. The van der Waals surface area contributed by atoms with Crippen molar-refractivity contribution in [2.75, 3.05) is 0 Å². The molecule has 0 fully saturated rings. The number of amides is 1. The van der Waals surface area contributed by atoms with Gasteiger partial charge in [-0.3, -0.25) is 9.59 Å². The molecule has 0 aliphatic heterocycles. The number of carboxylic acid groups (broad SMARTS) is 1. The smallest absolute Gasteiger partial charge is 0.307 e. The molecular formula is C14H17NO3S. The molecule has 0 radical (unpaired) electrons. The van der Waals surface area contributed by atoms with E-state index in [4.69, 9.17) is 5.11 Å². The van der Waals surface area contributed by atoms with Crippen LogP contribution in [0.15, 0.2) is 29.0 Å². The van der Waals surface area contributed by atoms with Crippen molar-refractivity contribution in [3.63, 3.8) is 0 Å². The lowest BCUT2D eigenvalue weighted by molar-refractivity contribution is -0.147. The van der Waals surface area contributed by atoms with Crippen molar-refractivity contribution in [2.45, 2.75) is 25.8 Å². The summed E-state index contributed by atoms with van der Waals surface area (Å²) >= 11 is 1.58. The zero-order valence-electron chi connectivity index (χ0n) is 10.7. The van der Waals surface area contributed by atoms with Gasteiger partial charge in [0, 0.05) is 0 Å². The average Bonchev–Trinajstić information content (AvgIpc) is 2.92. The molecule has 1 aromatic rings. The molecule has 5 heteroatoms. The fraction of sp³-hybridized carbons (Fsp3) is 0.429. The highest BCUT2D eigenvalue weighted by molar-refractivity contribution is 7.07. The van der Waals surface area contributed by atoms with Crippen LogP contribution in [0.4, 0.5) is 0 Å². The molecule has 3 atom stereocenters. The summed E-state index contributed by atoms with van der Waals surface area (Å²) in [5, 5.41) is 16.0. The minimum Gasteiger partial charge on any atom is -0.481 e. The van der Waals surface area contributed by atoms with E-state index in [1.54, 1.807) is 11.3 Å². The van der Waals surface area contributed by atoms with Gasteiger partial charge in [-0.1, -0.05) is 12.2 Å². The Morgan fingerprint density at radius 2 is 2.05 bits per heavy atom. The van der Waals surface area contributed by atoms with Gasteiger partial charge in [0.1, 0.15) is 0 Å². The van der Waals surface area contributed by atoms with Gasteiger partial charge in [-0.15, -0.1) is 0 Å². The van der Waals surface area contributed by atoms with Crippen molar-refractivity contribution in [1.29, 1.82) is 0 Å². The molecule has 2 rings (SSSR count). The Labute approximate surface area is 116 Å². The molecule has 1 amide bonds. The van der Waals surface area contributed by atoms with Crippen LogP contribution in [0.3, 0.4) is 0 Å². The third-order valence-electron chi connectivity index (χ3n) is 3.49. The molecule has 0 spiro atoms. The lowest BCUT2D eigenvalue weighted by atomic mass is 9.82. The van der Waals surface area contributed by atoms with Crippen molar-refractivity contribution in [1.82, 2.24) is 5.32 Å². The fourth-order valence-electron chi connectivity index (χ4n) is 2.30. The minimum atomic E-state index is -0.896. The average molecular weight is 279 g/mol. The molecule has 0 saturated carbocycles. The van der Waals surface area contributed by atoms with Crippen molar-refractivity contribution in [3.05, 3.63) is 34.5 Å². The van der Waals surface area contributed by atoms with Crippen LogP contribution >= 0.6 is 11.3 Å². The fourth-order valence-corrected chi connectivity index (χ4v) is 3.06. The van der Waals surface area contributed by atoms with Gasteiger partial charge in [-0.2, -0.15) is 11.3 Å². The second-order valence-electron chi connectivity index (χ2n) is 4.78. The van der Waals surface area contributed by atoms with Gasteiger partial charge in [0.05, 0.1) is 17.9 Å². The summed E-state index contributed by atoms with van der Waals surface area (Å²) in [6.45, 7) is 1.91. The van der Waals surface area contributed by atoms with E-state index in [2.05, 4.69) is 5.32 Å². The van der Waals surface area contributed by atoms with Crippen molar-refractivity contribution < 1.29 is 14.7 Å². The first kappa shape index (κ1) is 13.8. The first-order chi connectivity index (χ1) is 9.09. The number of hydrogen-bond acceptors (Lipinski definition) is 3. The zero-order valence-corrected chi connectivity index (χ0v) is 11.5. The maximum atomic E-state index is 12.2. The first-order valence-corrected chi connectivity index (χ1v) is 7.24. The number of allylic oxidation sites excluding steroid dienone is 2. The quantitative estimate of drug-likeness (QED) is 0.832. The Balaban J connectivity index is 2.02. The number of thiophene rings is 1. The zero-order chi connectivity index (χ0) is 13.8. The van der Waals surface area contributed by atoms with E-state index >= 15 is 0 Å². The van der Waals surface area contributed by atoms with Gasteiger partial charge >= 0.3 is 5.97 Å². The highest BCUT2D eigenvalue weighted by Gasteiger charge is 2.34. The SMILES string of the molecule is CC(NC(=O)[C@@H]1CC=CC[C@@H]1C(=O)O)c1ccsc1. The number of carboxylic acids is 1. The summed E-state index contributed by atoms with van der Waals surface area (Å²) in [6.07, 6.45) is 4.66. The molecule has 0 bridgehead atoms. The van der Waals surface area contributed by atoms with E-state index in [0.29, 0.717) is 12.8 Å². The molecule has 0 saturated heterocycles. The summed E-state index contributed by atoms with van der Waals surface area (Å²) in [4.78, 5) is 23.4. The standard InChI is InChI=1S/C14H17NO3S/c1-9(10-6-7-19-8-10)15-13(16)11-4-2-3-5-12(11)14(17)18/h2-3,6-9,11-12H,4-5H2,1H3,(H,15,16)(H,17,18)/t9?,11-,12+/m1/s1. The summed E-state index contributed by atoms with van der Waals surface area (Å²) in [6, 6.07) is 1.88. The molecule has 1 aliphatic carbocycles. The highest BCUT2D eigenvalue weighted by atomic mass is 32.1. The predicted molar refractivity (Wildman–Crippen MR) is 73.9 cm³/mol. The maximum absolute atomic E-state index is 12.2.